The van der Waals surface area contributed by atoms with Crippen LogP contribution in [0.4, 0.5) is 5.82 Å². The first-order chi connectivity index (χ1) is 15.4. The van der Waals surface area contributed by atoms with E-state index in [1.807, 2.05) is 18.2 Å². The highest BCUT2D eigenvalue weighted by molar-refractivity contribution is 6.00. The highest BCUT2D eigenvalue weighted by atomic mass is 16.2. The number of hydrogen-bond donors (Lipinski definition) is 2. The zero-order valence-electron chi connectivity index (χ0n) is 18.1. The van der Waals surface area contributed by atoms with Crippen LogP contribution in [0.1, 0.15) is 60.5 Å². The Labute approximate surface area is 187 Å². The third kappa shape index (κ3) is 4.97. The molecule has 1 saturated carbocycles. The lowest BCUT2D eigenvalue weighted by Gasteiger charge is -2.34. The Kier molecular flexibility index (Phi) is 6.22. The lowest BCUT2D eigenvalue weighted by Crippen LogP contribution is -2.51. The number of amides is 3. The molecule has 2 aromatic rings. The number of fused-ring (bicyclic) bond motifs is 1. The summed E-state index contributed by atoms with van der Waals surface area (Å²) in [6.45, 7) is 1.90. The van der Waals surface area contributed by atoms with Crippen LogP contribution in [0.3, 0.4) is 0 Å². The lowest BCUT2D eigenvalue weighted by molar-refractivity contribution is -0.123. The Morgan fingerprint density at radius 3 is 2.59 bits per heavy atom. The Balaban J connectivity index is 1.45. The van der Waals surface area contributed by atoms with Crippen molar-refractivity contribution in [3.63, 3.8) is 0 Å². The van der Waals surface area contributed by atoms with E-state index in [0.29, 0.717) is 23.5 Å². The summed E-state index contributed by atoms with van der Waals surface area (Å²) in [4.78, 5) is 42.4. The van der Waals surface area contributed by atoms with Gasteiger partial charge in [-0.05, 0) is 36.6 Å². The fraction of sp³-hybridized carbons (Fsp3) is 0.360. The average Bonchev–Trinajstić information content (AvgIpc) is 3.09. The molecule has 1 aliphatic carbocycles. The summed E-state index contributed by atoms with van der Waals surface area (Å²) in [7, 11) is 0. The van der Waals surface area contributed by atoms with Crippen molar-refractivity contribution in [2.75, 3.05) is 11.9 Å². The molecule has 0 radical (unpaired) electrons. The molecule has 1 aromatic carbocycles. The van der Waals surface area contributed by atoms with E-state index < -0.39 is 5.54 Å². The first-order valence-corrected chi connectivity index (χ1v) is 10.9. The van der Waals surface area contributed by atoms with E-state index >= 15 is 0 Å². The van der Waals surface area contributed by atoms with E-state index in [9.17, 15) is 14.4 Å². The number of anilines is 1. The minimum Gasteiger partial charge on any atom is -0.338 e. The standard InChI is InChI=1S/C25H26N4O3/c1-18(30)27-22-10-9-19(15-26-22)11-14-25(12-5-2-6-13-25)28-23(31)17-29-16-20-7-3-4-8-21(20)24(29)32/h3-4,7-10,15H,2,5-6,12-13,16-17H2,1H3,(H,28,31)(H,26,27,30). The summed E-state index contributed by atoms with van der Waals surface area (Å²) >= 11 is 0. The third-order valence-corrected chi connectivity index (χ3v) is 5.83. The summed E-state index contributed by atoms with van der Waals surface area (Å²) < 4.78 is 0. The molecule has 7 heteroatoms. The lowest BCUT2D eigenvalue weighted by atomic mass is 9.82. The number of pyridine rings is 1. The first-order valence-electron chi connectivity index (χ1n) is 10.9. The summed E-state index contributed by atoms with van der Waals surface area (Å²) in [5.41, 5.74) is 1.72. The van der Waals surface area contributed by atoms with Crippen LogP contribution in [0.25, 0.3) is 0 Å². The predicted molar refractivity (Wildman–Crippen MR) is 121 cm³/mol. The predicted octanol–water partition coefficient (Wildman–Crippen LogP) is 2.87. The summed E-state index contributed by atoms with van der Waals surface area (Å²) in [6.07, 6.45) is 6.25. The Bertz CT molecular complexity index is 1090. The third-order valence-electron chi connectivity index (χ3n) is 5.83. The molecule has 164 valence electrons. The maximum atomic E-state index is 12.9. The van der Waals surface area contributed by atoms with Gasteiger partial charge in [0.25, 0.3) is 5.91 Å². The number of carbonyl (C=O) groups is 3. The van der Waals surface area contributed by atoms with Gasteiger partial charge < -0.3 is 15.5 Å². The van der Waals surface area contributed by atoms with Gasteiger partial charge in [0, 0.05) is 30.8 Å². The maximum absolute atomic E-state index is 12.9. The Morgan fingerprint density at radius 2 is 1.91 bits per heavy atom. The second kappa shape index (κ2) is 9.23. The summed E-state index contributed by atoms with van der Waals surface area (Å²) in [6, 6.07) is 11.0. The van der Waals surface area contributed by atoms with Gasteiger partial charge >= 0.3 is 0 Å². The van der Waals surface area contributed by atoms with Crippen LogP contribution in [0.2, 0.25) is 0 Å². The van der Waals surface area contributed by atoms with Gasteiger partial charge in [-0.2, -0.15) is 0 Å². The molecule has 4 rings (SSSR count). The van der Waals surface area contributed by atoms with Crippen molar-refractivity contribution in [3.8, 4) is 11.8 Å². The molecule has 32 heavy (non-hydrogen) atoms. The number of aromatic nitrogens is 1. The van der Waals surface area contributed by atoms with Gasteiger partial charge in [0.1, 0.15) is 17.9 Å². The Morgan fingerprint density at radius 1 is 1.12 bits per heavy atom. The van der Waals surface area contributed by atoms with E-state index in [0.717, 1.165) is 37.7 Å². The van der Waals surface area contributed by atoms with Crippen LogP contribution in [0.5, 0.6) is 0 Å². The van der Waals surface area contributed by atoms with Gasteiger partial charge in [-0.25, -0.2) is 4.98 Å². The number of nitrogens with one attached hydrogen (secondary N) is 2. The number of benzene rings is 1. The summed E-state index contributed by atoms with van der Waals surface area (Å²) in [5, 5.41) is 5.76. The van der Waals surface area contributed by atoms with Gasteiger partial charge in [-0.3, -0.25) is 14.4 Å². The molecule has 0 unspecified atom stereocenters. The second-order valence-electron chi connectivity index (χ2n) is 8.37. The van der Waals surface area contributed by atoms with Crippen molar-refractivity contribution in [3.05, 3.63) is 59.3 Å². The molecule has 2 N–H and O–H groups in total. The van der Waals surface area contributed by atoms with Gasteiger partial charge in [-0.1, -0.05) is 49.3 Å². The molecule has 0 saturated heterocycles. The number of nitrogens with zero attached hydrogens (tertiary/aromatic N) is 2. The molecular formula is C25H26N4O3. The number of carbonyl (C=O) groups excluding carboxylic acids is 3. The van der Waals surface area contributed by atoms with E-state index in [2.05, 4.69) is 27.5 Å². The van der Waals surface area contributed by atoms with Crippen molar-refractivity contribution < 1.29 is 14.4 Å². The van der Waals surface area contributed by atoms with E-state index in [4.69, 9.17) is 0 Å². The monoisotopic (exact) mass is 430 g/mol. The van der Waals surface area contributed by atoms with Crippen LogP contribution in [0, 0.1) is 11.8 Å². The highest BCUT2D eigenvalue weighted by Gasteiger charge is 2.34. The molecule has 0 spiro atoms. The molecule has 3 amide bonds. The Hall–Kier alpha value is -3.66. The van der Waals surface area contributed by atoms with Crippen molar-refractivity contribution >= 4 is 23.5 Å². The van der Waals surface area contributed by atoms with Crippen LogP contribution in [-0.2, 0) is 16.1 Å². The SMILES string of the molecule is CC(=O)Nc1ccc(C#CC2(NC(=O)CN3Cc4ccccc4C3=O)CCCCC2)cn1. The van der Waals surface area contributed by atoms with Crippen LogP contribution in [0.15, 0.2) is 42.6 Å². The minimum atomic E-state index is -0.610. The topological polar surface area (TPSA) is 91.4 Å². The van der Waals surface area contributed by atoms with Crippen LogP contribution in [-0.4, -0.2) is 39.7 Å². The molecule has 2 aliphatic rings. The fourth-order valence-corrected chi connectivity index (χ4v) is 4.27. The van der Waals surface area contributed by atoms with E-state index in [-0.39, 0.29) is 24.3 Å². The molecule has 0 atom stereocenters. The first kappa shape index (κ1) is 21.6. The maximum Gasteiger partial charge on any atom is 0.254 e. The number of rotatable bonds is 4. The van der Waals surface area contributed by atoms with Gasteiger partial charge in [0.15, 0.2) is 0 Å². The highest BCUT2D eigenvalue weighted by Crippen LogP contribution is 2.28. The van der Waals surface area contributed by atoms with Crippen molar-refractivity contribution in [1.82, 2.24) is 15.2 Å². The molecular weight excluding hydrogens is 404 g/mol. The van der Waals surface area contributed by atoms with Gasteiger partial charge in [0.2, 0.25) is 11.8 Å². The zero-order chi connectivity index (χ0) is 22.6. The van der Waals surface area contributed by atoms with Crippen molar-refractivity contribution in [2.24, 2.45) is 0 Å². The quantitative estimate of drug-likeness (QED) is 0.730. The van der Waals surface area contributed by atoms with E-state index in [1.54, 1.807) is 29.3 Å². The average molecular weight is 431 g/mol. The largest absolute Gasteiger partial charge is 0.338 e. The molecule has 0 bridgehead atoms. The van der Waals surface area contributed by atoms with E-state index in [1.165, 1.54) is 6.92 Å². The van der Waals surface area contributed by atoms with Crippen LogP contribution < -0.4 is 10.6 Å². The zero-order valence-corrected chi connectivity index (χ0v) is 18.1. The second-order valence-corrected chi connectivity index (χ2v) is 8.37. The normalized spacial score (nSPS) is 16.5. The van der Waals surface area contributed by atoms with Crippen molar-refractivity contribution in [2.45, 2.75) is 51.1 Å². The molecule has 2 heterocycles. The molecule has 1 fully saturated rings. The summed E-state index contributed by atoms with van der Waals surface area (Å²) in [5.74, 6) is 6.41. The molecule has 7 nitrogen and oxygen atoms in total. The molecule has 1 aliphatic heterocycles. The van der Waals surface area contributed by atoms with Crippen LogP contribution >= 0.6 is 0 Å². The molecule has 1 aromatic heterocycles. The number of hydrogen-bond acceptors (Lipinski definition) is 4. The van der Waals surface area contributed by atoms with Gasteiger partial charge in [-0.15, -0.1) is 0 Å². The fourth-order valence-electron chi connectivity index (χ4n) is 4.27. The minimum absolute atomic E-state index is 0.0178. The van der Waals surface area contributed by atoms with Crippen molar-refractivity contribution in [1.29, 1.82) is 0 Å². The smallest absolute Gasteiger partial charge is 0.254 e. The van der Waals surface area contributed by atoms with Gasteiger partial charge in [0.05, 0.1) is 0 Å².